The second-order valence-electron chi connectivity index (χ2n) is 3.83. The molecular weight excluding hydrogens is 374 g/mol. The highest BCUT2D eigenvalue weighted by atomic mass is 79.9. The molecule has 0 radical (unpaired) electrons. The van der Waals surface area contributed by atoms with Gasteiger partial charge in [0.15, 0.2) is 0 Å². The minimum Gasteiger partial charge on any atom is -0.496 e. The first kappa shape index (κ1) is 14.4. The lowest BCUT2D eigenvalue weighted by atomic mass is 10.2. The van der Waals surface area contributed by atoms with Gasteiger partial charge in [0.1, 0.15) is 17.2 Å². The van der Waals surface area contributed by atoms with E-state index in [0.717, 1.165) is 26.0 Å². The van der Waals surface area contributed by atoms with E-state index in [0.29, 0.717) is 12.3 Å². The summed E-state index contributed by atoms with van der Waals surface area (Å²) >= 11 is 6.91. The quantitative estimate of drug-likeness (QED) is 0.842. The maximum atomic E-state index is 5.90. The molecule has 0 atom stereocenters. The smallest absolute Gasteiger partial charge is 0.143 e. The Kier molecular flexibility index (Phi) is 4.85. The molecule has 2 N–H and O–H groups in total. The van der Waals surface area contributed by atoms with E-state index in [1.807, 2.05) is 36.4 Å². The van der Waals surface area contributed by atoms with Crippen LogP contribution in [0.2, 0.25) is 0 Å². The van der Waals surface area contributed by atoms with Crippen LogP contribution < -0.4 is 15.2 Å². The molecule has 0 aliphatic rings. The van der Waals surface area contributed by atoms with Crippen LogP contribution in [0.3, 0.4) is 0 Å². The molecule has 0 spiro atoms. The maximum absolute atomic E-state index is 5.90. The Morgan fingerprint density at radius 1 is 1.00 bits per heavy atom. The molecular formula is C14H13Br2NO2. The molecule has 0 fully saturated rings. The van der Waals surface area contributed by atoms with Gasteiger partial charge in [-0.15, -0.1) is 0 Å². The van der Waals surface area contributed by atoms with Crippen LogP contribution in [0.15, 0.2) is 45.3 Å². The summed E-state index contributed by atoms with van der Waals surface area (Å²) in [5.74, 6) is 2.20. The van der Waals surface area contributed by atoms with Gasteiger partial charge in [0.05, 0.1) is 16.1 Å². The highest BCUT2D eigenvalue weighted by Gasteiger charge is 2.10. The SMILES string of the molecule is COc1cc(Br)c(Oc2ccccc2CN)cc1Br. The average Bonchev–Trinajstić information content (AvgIpc) is 2.43. The number of halogens is 2. The third kappa shape index (κ3) is 3.29. The van der Waals surface area contributed by atoms with Gasteiger partial charge >= 0.3 is 0 Å². The van der Waals surface area contributed by atoms with Gasteiger partial charge in [0.25, 0.3) is 0 Å². The van der Waals surface area contributed by atoms with E-state index >= 15 is 0 Å². The molecule has 0 amide bonds. The zero-order chi connectivity index (χ0) is 13.8. The van der Waals surface area contributed by atoms with E-state index in [9.17, 15) is 0 Å². The van der Waals surface area contributed by atoms with Gasteiger partial charge in [-0.25, -0.2) is 0 Å². The fourth-order valence-corrected chi connectivity index (χ4v) is 2.52. The van der Waals surface area contributed by atoms with Gasteiger partial charge < -0.3 is 15.2 Å². The van der Waals surface area contributed by atoms with E-state index in [1.54, 1.807) is 7.11 Å². The van der Waals surface area contributed by atoms with Gasteiger partial charge in [0.2, 0.25) is 0 Å². The number of methoxy groups -OCH3 is 1. The number of nitrogens with two attached hydrogens (primary N) is 1. The minimum absolute atomic E-state index is 0.436. The zero-order valence-corrected chi connectivity index (χ0v) is 13.5. The monoisotopic (exact) mass is 385 g/mol. The molecule has 0 unspecified atom stereocenters. The maximum Gasteiger partial charge on any atom is 0.143 e. The van der Waals surface area contributed by atoms with Crippen LogP contribution in [0.4, 0.5) is 0 Å². The highest BCUT2D eigenvalue weighted by Crippen LogP contribution is 2.38. The molecule has 0 bridgehead atoms. The van der Waals surface area contributed by atoms with Crippen LogP contribution in [-0.4, -0.2) is 7.11 Å². The molecule has 100 valence electrons. The third-order valence-corrected chi connectivity index (χ3v) is 3.86. The summed E-state index contributed by atoms with van der Waals surface area (Å²) in [7, 11) is 1.62. The van der Waals surface area contributed by atoms with Gasteiger partial charge in [-0.2, -0.15) is 0 Å². The van der Waals surface area contributed by atoms with Crippen molar-refractivity contribution in [3.8, 4) is 17.2 Å². The highest BCUT2D eigenvalue weighted by molar-refractivity contribution is 9.11. The van der Waals surface area contributed by atoms with E-state index in [1.165, 1.54) is 0 Å². The lowest BCUT2D eigenvalue weighted by Gasteiger charge is -2.13. The molecule has 0 saturated carbocycles. The van der Waals surface area contributed by atoms with Crippen LogP contribution in [-0.2, 0) is 6.54 Å². The first-order chi connectivity index (χ1) is 9.15. The Morgan fingerprint density at radius 2 is 1.63 bits per heavy atom. The lowest BCUT2D eigenvalue weighted by molar-refractivity contribution is 0.409. The van der Waals surface area contributed by atoms with E-state index in [2.05, 4.69) is 31.9 Å². The van der Waals surface area contributed by atoms with Crippen molar-refractivity contribution in [1.29, 1.82) is 0 Å². The van der Waals surface area contributed by atoms with Crippen molar-refractivity contribution in [3.05, 3.63) is 50.9 Å². The molecule has 2 aromatic rings. The number of hydrogen-bond donors (Lipinski definition) is 1. The molecule has 0 aliphatic carbocycles. The van der Waals surface area contributed by atoms with Crippen LogP contribution >= 0.6 is 31.9 Å². The molecule has 19 heavy (non-hydrogen) atoms. The van der Waals surface area contributed by atoms with Crippen molar-refractivity contribution >= 4 is 31.9 Å². The first-order valence-corrected chi connectivity index (χ1v) is 7.23. The Morgan fingerprint density at radius 3 is 2.32 bits per heavy atom. The Bertz CT molecular complexity index is 588. The predicted octanol–water partition coefficient (Wildman–Crippen LogP) is 4.47. The normalized spacial score (nSPS) is 10.3. The van der Waals surface area contributed by atoms with Crippen molar-refractivity contribution in [1.82, 2.24) is 0 Å². The standard InChI is InChI=1S/C14H13Br2NO2/c1-18-13-6-11(16)14(7-10(13)15)19-12-5-3-2-4-9(12)8-17/h2-7H,8,17H2,1H3. The van der Waals surface area contributed by atoms with Gasteiger partial charge in [-0.3, -0.25) is 0 Å². The topological polar surface area (TPSA) is 44.5 Å². The zero-order valence-electron chi connectivity index (χ0n) is 10.3. The van der Waals surface area contributed by atoms with Crippen LogP contribution in [0.5, 0.6) is 17.2 Å². The minimum atomic E-state index is 0.436. The van der Waals surface area contributed by atoms with Gasteiger partial charge in [-0.05, 0) is 50.1 Å². The van der Waals surface area contributed by atoms with Crippen molar-refractivity contribution in [2.75, 3.05) is 7.11 Å². The fourth-order valence-electron chi connectivity index (χ4n) is 1.64. The molecule has 2 aromatic carbocycles. The average molecular weight is 387 g/mol. The van der Waals surface area contributed by atoms with E-state index in [-0.39, 0.29) is 0 Å². The van der Waals surface area contributed by atoms with Crippen LogP contribution in [0.25, 0.3) is 0 Å². The fraction of sp³-hybridized carbons (Fsp3) is 0.143. The number of para-hydroxylation sites is 1. The number of benzene rings is 2. The number of rotatable bonds is 4. The number of ether oxygens (including phenoxy) is 2. The summed E-state index contributed by atoms with van der Waals surface area (Å²) in [6, 6.07) is 11.4. The van der Waals surface area contributed by atoms with E-state index < -0.39 is 0 Å². The summed E-state index contributed by atoms with van der Waals surface area (Å²) in [5.41, 5.74) is 6.66. The summed E-state index contributed by atoms with van der Waals surface area (Å²) in [6.45, 7) is 0.436. The molecule has 5 heteroatoms. The summed E-state index contributed by atoms with van der Waals surface area (Å²) in [6.07, 6.45) is 0. The van der Waals surface area contributed by atoms with Crippen LogP contribution in [0, 0.1) is 0 Å². The van der Waals surface area contributed by atoms with Crippen molar-refractivity contribution in [3.63, 3.8) is 0 Å². The lowest BCUT2D eigenvalue weighted by Crippen LogP contribution is -1.99. The molecule has 0 aliphatic heterocycles. The van der Waals surface area contributed by atoms with Crippen LogP contribution in [0.1, 0.15) is 5.56 Å². The van der Waals surface area contributed by atoms with Crippen molar-refractivity contribution < 1.29 is 9.47 Å². The van der Waals surface area contributed by atoms with Gasteiger partial charge in [0, 0.05) is 12.1 Å². The summed E-state index contributed by atoms with van der Waals surface area (Å²) in [5, 5.41) is 0. The Balaban J connectivity index is 2.36. The molecule has 0 heterocycles. The van der Waals surface area contributed by atoms with Crippen molar-refractivity contribution in [2.24, 2.45) is 5.73 Å². The first-order valence-electron chi connectivity index (χ1n) is 5.64. The predicted molar refractivity (Wildman–Crippen MR) is 82.8 cm³/mol. The Labute approximate surface area is 129 Å². The number of hydrogen-bond acceptors (Lipinski definition) is 3. The summed E-state index contributed by atoms with van der Waals surface area (Å²) in [4.78, 5) is 0. The second kappa shape index (κ2) is 6.41. The largest absolute Gasteiger partial charge is 0.496 e. The van der Waals surface area contributed by atoms with Crippen molar-refractivity contribution in [2.45, 2.75) is 6.54 Å². The van der Waals surface area contributed by atoms with Gasteiger partial charge in [-0.1, -0.05) is 18.2 Å². The van der Waals surface area contributed by atoms with E-state index in [4.69, 9.17) is 15.2 Å². The molecule has 2 rings (SSSR count). The second-order valence-corrected chi connectivity index (χ2v) is 5.54. The molecule has 0 saturated heterocycles. The molecule has 0 aromatic heterocycles. The molecule has 3 nitrogen and oxygen atoms in total. The third-order valence-electron chi connectivity index (χ3n) is 2.62. The Hall–Kier alpha value is -1.04. The summed E-state index contributed by atoms with van der Waals surface area (Å²) < 4.78 is 12.8.